The molecule has 42 heavy (non-hydrogen) atoms. The molecule has 3 aromatic rings. The third-order valence-corrected chi connectivity index (χ3v) is 11.7. The summed E-state index contributed by atoms with van der Waals surface area (Å²) in [6.45, 7) is 9.52. The molecule has 0 amide bonds. The second kappa shape index (κ2) is 11.8. The maximum Gasteiger partial charge on any atom is 0.160 e. The van der Waals surface area contributed by atoms with Gasteiger partial charge in [-0.3, -0.25) is 4.98 Å². The van der Waals surface area contributed by atoms with Gasteiger partial charge in [-0.05, 0) is 109 Å². The maximum atomic E-state index is 12.7. The quantitative estimate of drug-likeness (QED) is 0.297. The predicted molar refractivity (Wildman–Crippen MR) is 170 cm³/mol. The fourth-order valence-corrected chi connectivity index (χ4v) is 8.89. The summed E-state index contributed by atoms with van der Waals surface area (Å²) >= 11 is 0. The lowest BCUT2D eigenvalue weighted by molar-refractivity contribution is -0.0322. The molecule has 6 heteroatoms. The zero-order valence-corrected chi connectivity index (χ0v) is 26.3. The first-order valence-electron chi connectivity index (χ1n) is 15.8. The Labute approximate surface area is 252 Å². The van der Waals surface area contributed by atoms with Crippen LogP contribution >= 0.6 is 0 Å². The number of sulfone groups is 1. The smallest absolute Gasteiger partial charge is 0.160 e. The number of benzene rings is 2. The molecular formula is C36H46N2O3S. The summed E-state index contributed by atoms with van der Waals surface area (Å²) in [7, 11) is -3.29. The molecule has 1 aromatic heterocycles. The number of ether oxygens (including phenoxy) is 1. The molecule has 1 saturated heterocycles. The first kappa shape index (κ1) is 29.4. The number of hydrogen-bond acceptors (Lipinski definition) is 5. The Bertz CT molecular complexity index is 1460. The van der Waals surface area contributed by atoms with Crippen LogP contribution in [0.3, 0.4) is 0 Å². The average molecular weight is 587 g/mol. The van der Waals surface area contributed by atoms with Crippen LogP contribution in [0.25, 0.3) is 11.1 Å². The first-order valence-corrected chi connectivity index (χ1v) is 17.7. The van der Waals surface area contributed by atoms with Gasteiger partial charge in [-0.1, -0.05) is 57.2 Å². The van der Waals surface area contributed by atoms with Crippen molar-refractivity contribution < 1.29 is 13.2 Å². The average Bonchev–Trinajstić information content (AvgIpc) is 2.97. The van der Waals surface area contributed by atoms with E-state index in [-0.39, 0.29) is 17.1 Å². The van der Waals surface area contributed by atoms with Crippen molar-refractivity contribution in [2.24, 2.45) is 11.3 Å². The SMILES string of the molecule is CC(C)(C)C1CCC(N2CCC3(CCc4cc(-c5ccc(CS(=O)(=O)Cc6ccccn6)cc5)ccc4O3)CC2)CC1. The Hall–Kier alpha value is -2.70. The summed E-state index contributed by atoms with van der Waals surface area (Å²) in [4.78, 5) is 6.93. The Morgan fingerprint density at radius 3 is 2.26 bits per heavy atom. The Morgan fingerprint density at radius 2 is 1.60 bits per heavy atom. The van der Waals surface area contributed by atoms with Crippen molar-refractivity contribution in [3.05, 3.63) is 83.7 Å². The molecule has 224 valence electrons. The lowest BCUT2D eigenvalue weighted by atomic mass is 9.71. The first-order chi connectivity index (χ1) is 20.1. The maximum absolute atomic E-state index is 12.7. The highest BCUT2D eigenvalue weighted by molar-refractivity contribution is 7.89. The predicted octanol–water partition coefficient (Wildman–Crippen LogP) is 7.63. The topological polar surface area (TPSA) is 59.5 Å². The number of rotatable bonds is 6. The van der Waals surface area contributed by atoms with Gasteiger partial charge in [-0.2, -0.15) is 0 Å². The van der Waals surface area contributed by atoms with E-state index in [9.17, 15) is 8.42 Å². The normalized spacial score (nSPS) is 22.8. The number of piperidine rings is 1. The van der Waals surface area contributed by atoms with E-state index >= 15 is 0 Å². The van der Waals surface area contributed by atoms with Crippen molar-refractivity contribution in [3.63, 3.8) is 0 Å². The van der Waals surface area contributed by atoms with Crippen LogP contribution in [0.4, 0.5) is 0 Å². The van der Waals surface area contributed by atoms with Gasteiger partial charge in [0, 0.05) is 25.3 Å². The Kier molecular flexibility index (Phi) is 8.23. The van der Waals surface area contributed by atoms with Gasteiger partial charge in [-0.15, -0.1) is 0 Å². The molecule has 2 fully saturated rings. The largest absolute Gasteiger partial charge is 0.487 e. The molecule has 0 radical (unpaired) electrons. The Morgan fingerprint density at radius 1 is 0.881 bits per heavy atom. The summed E-state index contributed by atoms with van der Waals surface area (Å²) in [5.41, 5.74) is 5.32. The molecule has 1 aliphatic carbocycles. The van der Waals surface area contributed by atoms with Crippen LogP contribution in [0, 0.1) is 11.3 Å². The molecule has 2 aliphatic heterocycles. The van der Waals surface area contributed by atoms with Crippen molar-refractivity contribution in [1.82, 2.24) is 9.88 Å². The number of nitrogens with zero attached hydrogens (tertiary/aromatic N) is 2. The number of fused-ring (bicyclic) bond motifs is 1. The number of aromatic nitrogens is 1. The highest BCUT2D eigenvalue weighted by atomic mass is 32.2. The van der Waals surface area contributed by atoms with E-state index in [1.807, 2.05) is 30.3 Å². The van der Waals surface area contributed by atoms with E-state index in [1.54, 1.807) is 18.3 Å². The summed E-state index contributed by atoms with van der Waals surface area (Å²) in [5.74, 6) is 1.88. The van der Waals surface area contributed by atoms with Crippen LogP contribution in [-0.4, -0.2) is 43.0 Å². The fourth-order valence-electron chi connectivity index (χ4n) is 7.46. The highest BCUT2D eigenvalue weighted by Crippen LogP contribution is 2.43. The molecule has 3 aliphatic rings. The monoisotopic (exact) mass is 586 g/mol. The third kappa shape index (κ3) is 6.75. The minimum Gasteiger partial charge on any atom is -0.487 e. The van der Waals surface area contributed by atoms with Crippen LogP contribution < -0.4 is 4.74 Å². The van der Waals surface area contributed by atoms with Gasteiger partial charge in [0.1, 0.15) is 11.4 Å². The van der Waals surface area contributed by atoms with E-state index < -0.39 is 9.84 Å². The number of aryl methyl sites for hydroxylation is 1. The zero-order valence-electron chi connectivity index (χ0n) is 25.5. The molecule has 1 spiro atoms. The van der Waals surface area contributed by atoms with Crippen molar-refractivity contribution in [2.45, 2.75) is 95.3 Å². The van der Waals surface area contributed by atoms with Crippen molar-refractivity contribution >= 4 is 9.84 Å². The lowest BCUT2D eigenvalue weighted by Crippen LogP contribution is -2.53. The van der Waals surface area contributed by atoms with Crippen LogP contribution in [0.2, 0.25) is 0 Å². The molecule has 3 heterocycles. The number of hydrogen-bond donors (Lipinski definition) is 0. The fraction of sp³-hybridized carbons (Fsp3) is 0.528. The standard InChI is InChI=1S/C36H46N2O3S/c1-35(2,3)31-12-14-33(15-13-31)38-22-19-36(20-23-38)18-17-30-24-29(11-16-34(30)41-36)28-9-7-27(8-10-28)25-42(39,40)26-32-6-4-5-21-37-32/h4-11,16,21,24,31,33H,12-15,17-20,22-23,25-26H2,1-3H3. The molecule has 0 atom stereocenters. The van der Waals surface area contributed by atoms with E-state index in [1.165, 1.54) is 31.2 Å². The van der Waals surface area contributed by atoms with Gasteiger partial charge in [-0.25, -0.2) is 8.42 Å². The summed E-state index contributed by atoms with van der Waals surface area (Å²) in [6, 6.07) is 20.6. The molecule has 5 nitrogen and oxygen atoms in total. The van der Waals surface area contributed by atoms with E-state index in [4.69, 9.17) is 4.74 Å². The van der Waals surface area contributed by atoms with Crippen LogP contribution in [0.1, 0.15) is 82.5 Å². The lowest BCUT2D eigenvalue weighted by Gasteiger charge is -2.48. The third-order valence-electron chi connectivity index (χ3n) is 10.2. The minimum atomic E-state index is -3.29. The summed E-state index contributed by atoms with van der Waals surface area (Å²) in [6.07, 6.45) is 11.4. The van der Waals surface area contributed by atoms with Crippen LogP contribution in [0.15, 0.2) is 66.9 Å². The highest BCUT2D eigenvalue weighted by Gasteiger charge is 2.41. The van der Waals surface area contributed by atoms with Gasteiger partial charge in [0.15, 0.2) is 9.84 Å². The van der Waals surface area contributed by atoms with Gasteiger partial charge < -0.3 is 9.64 Å². The van der Waals surface area contributed by atoms with E-state index in [0.717, 1.165) is 73.2 Å². The minimum absolute atomic E-state index is 0.0135. The summed E-state index contributed by atoms with van der Waals surface area (Å²) < 4.78 is 32.2. The van der Waals surface area contributed by atoms with Crippen molar-refractivity contribution in [3.8, 4) is 16.9 Å². The number of pyridine rings is 1. The van der Waals surface area contributed by atoms with Crippen LogP contribution in [0.5, 0.6) is 5.75 Å². The van der Waals surface area contributed by atoms with Crippen molar-refractivity contribution in [2.75, 3.05) is 13.1 Å². The molecule has 0 N–H and O–H groups in total. The van der Waals surface area contributed by atoms with Crippen molar-refractivity contribution in [1.29, 1.82) is 0 Å². The molecule has 2 aromatic carbocycles. The van der Waals surface area contributed by atoms with E-state index in [2.05, 4.69) is 48.9 Å². The van der Waals surface area contributed by atoms with Gasteiger partial charge in [0.2, 0.25) is 0 Å². The number of likely N-dealkylation sites (tertiary alicyclic amines) is 1. The molecule has 6 rings (SSSR count). The van der Waals surface area contributed by atoms with Gasteiger partial charge >= 0.3 is 0 Å². The zero-order chi connectivity index (χ0) is 29.4. The van der Waals surface area contributed by atoms with Gasteiger partial charge in [0.05, 0.1) is 17.2 Å². The molecule has 1 saturated carbocycles. The molecule has 0 unspecified atom stereocenters. The molecule has 0 bridgehead atoms. The van der Waals surface area contributed by atoms with Gasteiger partial charge in [0.25, 0.3) is 0 Å². The Balaban J connectivity index is 1.04. The second-order valence-electron chi connectivity index (χ2n) is 14.1. The second-order valence-corrected chi connectivity index (χ2v) is 16.1. The van der Waals surface area contributed by atoms with E-state index in [0.29, 0.717) is 11.1 Å². The van der Waals surface area contributed by atoms with Crippen LogP contribution in [-0.2, 0) is 27.8 Å². The molecular weight excluding hydrogens is 540 g/mol. The summed E-state index contributed by atoms with van der Waals surface area (Å²) in [5, 5.41) is 0.